The molecule has 2 rings (SSSR count). The molecular formula is C10H6F2INO2. The van der Waals surface area contributed by atoms with Crippen LogP contribution in [0.1, 0.15) is 6.42 Å². The molecule has 1 aromatic carbocycles. The highest BCUT2D eigenvalue weighted by Gasteiger charge is 2.29. The minimum atomic E-state index is -0.734. The Labute approximate surface area is 104 Å². The van der Waals surface area contributed by atoms with Crippen LogP contribution in [0.5, 0.6) is 0 Å². The maximum Gasteiger partial charge on any atom is 0.234 e. The quantitative estimate of drug-likeness (QED) is 0.446. The molecule has 16 heavy (non-hydrogen) atoms. The van der Waals surface area contributed by atoms with Crippen LogP contribution in [-0.2, 0) is 9.59 Å². The Balaban J connectivity index is 2.42. The fraction of sp³-hybridized carbons (Fsp3) is 0.200. The number of Topliss-reactive ketones (excluding diaryl/α,β-unsaturated/α-hetero) is 1. The SMILES string of the molecule is O=C1CC(=O)N(c2cc(F)c(I)c(F)c2)C1. The Hall–Kier alpha value is -1.05. The summed E-state index contributed by atoms with van der Waals surface area (Å²) in [5, 5.41) is 0. The van der Waals surface area contributed by atoms with Gasteiger partial charge in [-0.15, -0.1) is 0 Å². The molecule has 0 unspecified atom stereocenters. The molecule has 0 aliphatic carbocycles. The molecule has 3 nitrogen and oxygen atoms in total. The highest BCUT2D eigenvalue weighted by molar-refractivity contribution is 14.1. The third kappa shape index (κ3) is 1.93. The molecule has 0 bridgehead atoms. The van der Waals surface area contributed by atoms with E-state index in [-0.39, 0.29) is 28.0 Å². The van der Waals surface area contributed by atoms with E-state index in [4.69, 9.17) is 0 Å². The van der Waals surface area contributed by atoms with Crippen LogP contribution >= 0.6 is 22.6 Å². The molecule has 0 N–H and O–H groups in total. The third-order valence-corrected chi connectivity index (χ3v) is 3.29. The van der Waals surface area contributed by atoms with Crippen LogP contribution in [0.3, 0.4) is 0 Å². The number of carbonyl (C=O) groups is 2. The summed E-state index contributed by atoms with van der Waals surface area (Å²) < 4.78 is 26.4. The Kier molecular flexibility index (Phi) is 2.92. The number of benzene rings is 1. The molecule has 0 saturated carbocycles. The summed E-state index contributed by atoms with van der Waals surface area (Å²) >= 11 is 1.54. The van der Waals surface area contributed by atoms with Crippen molar-refractivity contribution in [3.8, 4) is 0 Å². The first-order valence-corrected chi connectivity index (χ1v) is 5.53. The number of rotatable bonds is 1. The normalized spacial score (nSPS) is 16.1. The molecule has 1 aliphatic rings. The molecule has 1 aromatic rings. The lowest BCUT2D eigenvalue weighted by Gasteiger charge is -2.15. The second-order valence-electron chi connectivity index (χ2n) is 3.42. The molecule has 0 spiro atoms. The number of hydrogen-bond donors (Lipinski definition) is 0. The van der Waals surface area contributed by atoms with Crippen molar-refractivity contribution in [2.45, 2.75) is 6.42 Å². The van der Waals surface area contributed by atoms with Crippen LogP contribution in [0.15, 0.2) is 12.1 Å². The van der Waals surface area contributed by atoms with Crippen molar-refractivity contribution >= 4 is 40.0 Å². The van der Waals surface area contributed by atoms with Crippen molar-refractivity contribution in [3.63, 3.8) is 0 Å². The second-order valence-corrected chi connectivity index (χ2v) is 4.50. The Morgan fingerprint density at radius 1 is 1.19 bits per heavy atom. The lowest BCUT2D eigenvalue weighted by molar-refractivity contribution is -0.121. The number of carbonyl (C=O) groups excluding carboxylic acids is 2. The van der Waals surface area contributed by atoms with Crippen LogP contribution in [0, 0.1) is 15.2 Å². The van der Waals surface area contributed by atoms with E-state index in [9.17, 15) is 18.4 Å². The van der Waals surface area contributed by atoms with Crippen LogP contribution < -0.4 is 4.90 Å². The van der Waals surface area contributed by atoms with Gasteiger partial charge in [-0.3, -0.25) is 9.59 Å². The Bertz CT molecular complexity index is 467. The summed E-state index contributed by atoms with van der Waals surface area (Å²) in [6, 6.07) is 2.11. The summed E-state index contributed by atoms with van der Waals surface area (Å²) in [6.07, 6.45) is -0.199. The second kappa shape index (κ2) is 4.08. The van der Waals surface area contributed by atoms with Gasteiger partial charge in [0.25, 0.3) is 0 Å². The molecule has 1 aliphatic heterocycles. The van der Waals surface area contributed by atoms with E-state index in [1.165, 1.54) is 22.6 Å². The summed E-state index contributed by atoms with van der Waals surface area (Å²) in [5.74, 6) is -2.14. The van der Waals surface area contributed by atoms with E-state index in [1.807, 2.05) is 0 Å². The third-order valence-electron chi connectivity index (χ3n) is 2.26. The van der Waals surface area contributed by atoms with Gasteiger partial charge in [0.05, 0.1) is 22.2 Å². The first kappa shape index (κ1) is 11.4. The van der Waals surface area contributed by atoms with Gasteiger partial charge in [0.15, 0.2) is 5.78 Å². The monoisotopic (exact) mass is 337 g/mol. The molecular weight excluding hydrogens is 331 g/mol. The van der Waals surface area contributed by atoms with E-state index in [2.05, 4.69) is 0 Å². The lowest BCUT2D eigenvalue weighted by Crippen LogP contribution is -2.24. The molecule has 0 radical (unpaired) electrons. The maximum absolute atomic E-state index is 13.2. The zero-order valence-electron chi connectivity index (χ0n) is 7.97. The molecule has 1 heterocycles. The largest absolute Gasteiger partial charge is 0.304 e. The fourth-order valence-corrected chi connectivity index (χ4v) is 1.83. The van der Waals surface area contributed by atoms with E-state index in [0.29, 0.717) is 0 Å². The van der Waals surface area contributed by atoms with Crippen LogP contribution in [0.25, 0.3) is 0 Å². The van der Waals surface area contributed by atoms with E-state index >= 15 is 0 Å². The van der Waals surface area contributed by atoms with Crippen molar-refractivity contribution in [2.75, 3.05) is 11.4 Å². The first-order chi connectivity index (χ1) is 7.49. The summed E-state index contributed by atoms with van der Waals surface area (Å²) in [7, 11) is 0. The molecule has 0 atom stereocenters. The molecule has 84 valence electrons. The topological polar surface area (TPSA) is 37.4 Å². The van der Waals surface area contributed by atoms with Gasteiger partial charge in [-0.1, -0.05) is 0 Å². The average Bonchev–Trinajstić information content (AvgIpc) is 2.53. The average molecular weight is 337 g/mol. The number of nitrogens with zero attached hydrogens (tertiary/aromatic N) is 1. The van der Waals surface area contributed by atoms with Gasteiger partial charge in [0, 0.05) is 0 Å². The van der Waals surface area contributed by atoms with Gasteiger partial charge in [0.2, 0.25) is 5.91 Å². The van der Waals surface area contributed by atoms with Crippen molar-refractivity contribution in [1.29, 1.82) is 0 Å². The van der Waals surface area contributed by atoms with E-state index in [1.54, 1.807) is 0 Å². The summed E-state index contributed by atoms with van der Waals surface area (Å²) in [6.45, 7) is -0.113. The number of amides is 1. The van der Waals surface area contributed by atoms with Crippen molar-refractivity contribution in [1.82, 2.24) is 0 Å². The minimum Gasteiger partial charge on any atom is -0.304 e. The number of hydrogen-bond acceptors (Lipinski definition) is 2. The molecule has 1 fully saturated rings. The molecule has 0 aromatic heterocycles. The minimum absolute atomic E-state index is 0.0891. The van der Waals surface area contributed by atoms with Crippen LogP contribution in [0.4, 0.5) is 14.5 Å². The predicted molar refractivity (Wildman–Crippen MR) is 61.1 cm³/mol. The summed E-state index contributed by atoms with van der Waals surface area (Å²) in [5.41, 5.74) is 0.0891. The molecule has 6 heteroatoms. The fourth-order valence-electron chi connectivity index (χ4n) is 1.52. The summed E-state index contributed by atoms with van der Waals surface area (Å²) in [4.78, 5) is 23.5. The van der Waals surface area contributed by atoms with Gasteiger partial charge < -0.3 is 4.90 Å². The van der Waals surface area contributed by atoms with E-state index < -0.39 is 17.5 Å². The highest BCUT2D eigenvalue weighted by Crippen LogP contribution is 2.25. The predicted octanol–water partition coefficient (Wildman–Crippen LogP) is 1.88. The lowest BCUT2D eigenvalue weighted by atomic mass is 10.3. The van der Waals surface area contributed by atoms with Gasteiger partial charge in [-0.25, -0.2) is 8.78 Å². The van der Waals surface area contributed by atoms with Gasteiger partial charge in [-0.05, 0) is 34.7 Å². The smallest absolute Gasteiger partial charge is 0.234 e. The number of anilines is 1. The van der Waals surface area contributed by atoms with Gasteiger partial charge >= 0.3 is 0 Å². The van der Waals surface area contributed by atoms with Crippen LogP contribution in [-0.4, -0.2) is 18.2 Å². The number of halogens is 3. The standard InChI is InChI=1S/C10H6F2INO2/c11-7-1-5(2-8(12)10(7)13)14-4-6(15)3-9(14)16/h1-2H,3-4H2. The highest BCUT2D eigenvalue weighted by atomic mass is 127. The van der Waals surface area contributed by atoms with Gasteiger partial charge in [0.1, 0.15) is 11.6 Å². The first-order valence-electron chi connectivity index (χ1n) is 4.45. The van der Waals surface area contributed by atoms with Crippen molar-refractivity contribution < 1.29 is 18.4 Å². The molecule has 1 saturated heterocycles. The Morgan fingerprint density at radius 3 is 2.19 bits per heavy atom. The zero-order chi connectivity index (χ0) is 11.9. The van der Waals surface area contributed by atoms with Crippen molar-refractivity contribution in [3.05, 3.63) is 27.3 Å². The van der Waals surface area contributed by atoms with Crippen molar-refractivity contribution in [2.24, 2.45) is 0 Å². The van der Waals surface area contributed by atoms with Crippen LogP contribution in [0.2, 0.25) is 0 Å². The molecule has 1 amide bonds. The Morgan fingerprint density at radius 2 is 1.75 bits per heavy atom. The number of ketones is 1. The van der Waals surface area contributed by atoms with Gasteiger partial charge in [-0.2, -0.15) is 0 Å². The maximum atomic E-state index is 13.2. The zero-order valence-corrected chi connectivity index (χ0v) is 10.1. The van der Waals surface area contributed by atoms with E-state index in [0.717, 1.165) is 17.0 Å².